The van der Waals surface area contributed by atoms with Crippen LogP contribution in [0.1, 0.15) is 23.8 Å². The highest BCUT2D eigenvalue weighted by molar-refractivity contribution is 5.91. The van der Waals surface area contributed by atoms with Gasteiger partial charge in [-0.05, 0) is 18.6 Å². The topological polar surface area (TPSA) is 67.3 Å². The third-order valence-electron chi connectivity index (χ3n) is 2.50. The predicted octanol–water partition coefficient (Wildman–Crippen LogP) is 1.02. The number of methoxy groups -OCH3 is 1. The van der Waals surface area contributed by atoms with Gasteiger partial charge >= 0.3 is 0 Å². The zero-order chi connectivity index (χ0) is 13.5. The number of hydrogen-bond donors (Lipinski definition) is 1. The Morgan fingerprint density at radius 3 is 2.61 bits per heavy atom. The van der Waals surface area contributed by atoms with E-state index in [1.54, 1.807) is 33.3 Å². The van der Waals surface area contributed by atoms with Gasteiger partial charge in [0, 0.05) is 21.2 Å². The molecule has 1 heterocycles. The molecule has 6 heteroatoms. The smallest absolute Gasteiger partial charge is 0.273 e. The Bertz CT molecular complexity index is 378. The van der Waals surface area contributed by atoms with E-state index in [2.05, 4.69) is 22.4 Å². The second-order valence-electron chi connectivity index (χ2n) is 4.21. The van der Waals surface area contributed by atoms with Gasteiger partial charge in [-0.15, -0.1) is 10.2 Å². The molecule has 100 valence electrons. The molecule has 1 atom stereocenters. The molecule has 0 aliphatic heterocycles. The summed E-state index contributed by atoms with van der Waals surface area (Å²) < 4.78 is 5.09. The maximum Gasteiger partial charge on any atom is 0.273 e. The van der Waals surface area contributed by atoms with Crippen LogP contribution in [0.4, 0.5) is 5.82 Å². The highest BCUT2D eigenvalue weighted by Gasteiger charge is 2.11. The predicted molar refractivity (Wildman–Crippen MR) is 69.6 cm³/mol. The number of aromatic nitrogens is 2. The van der Waals surface area contributed by atoms with Crippen molar-refractivity contribution in [3.63, 3.8) is 0 Å². The number of nitrogens with one attached hydrogen (secondary N) is 1. The molecule has 0 spiro atoms. The minimum atomic E-state index is -0.155. The number of rotatable bonds is 6. The van der Waals surface area contributed by atoms with E-state index >= 15 is 0 Å². The zero-order valence-corrected chi connectivity index (χ0v) is 11.3. The summed E-state index contributed by atoms with van der Waals surface area (Å²) in [5.41, 5.74) is 0.338. The number of ether oxygens (including phenoxy) is 1. The van der Waals surface area contributed by atoms with Crippen LogP contribution in [0, 0.1) is 0 Å². The molecule has 0 saturated carbocycles. The highest BCUT2D eigenvalue weighted by atomic mass is 16.5. The molecule has 0 bridgehead atoms. The molecular formula is C12H20N4O2. The van der Waals surface area contributed by atoms with E-state index < -0.39 is 0 Å². The Hall–Kier alpha value is -1.69. The van der Waals surface area contributed by atoms with Crippen molar-refractivity contribution in [3.05, 3.63) is 17.8 Å². The van der Waals surface area contributed by atoms with Crippen molar-refractivity contribution < 1.29 is 9.53 Å². The Balaban J connectivity index is 2.68. The van der Waals surface area contributed by atoms with Crippen molar-refractivity contribution in [2.75, 3.05) is 33.1 Å². The van der Waals surface area contributed by atoms with Crippen LogP contribution in [0.2, 0.25) is 0 Å². The number of amides is 1. The molecule has 6 nitrogen and oxygen atoms in total. The fourth-order valence-corrected chi connectivity index (χ4v) is 1.42. The zero-order valence-electron chi connectivity index (χ0n) is 11.3. The van der Waals surface area contributed by atoms with E-state index in [9.17, 15) is 4.79 Å². The molecule has 0 saturated heterocycles. The normalized spacial score (nSPS) is 12.0. The van der Waals surface area contributed by atoms with Gasteiger partial charge in [0.1, 0.15) is 5.82 Å². The summed E-state index contributed by atoms with van der Waals surface area (Å²) >= 11 is 0. The van der Waals surface area contributed by atoms with Gasteiger partial charge in [-0.25, -0.2) is 0 Å². The van der Waals surface area contributed by atoms with Crippen LogP contribution >= 0.6 is 0 Å². The molecule has 0 aliphatic rings. The molecule has 0 fully saturated rings. The standard InChI is InChI=1S/C12H20N4O2/c1-5-9(8-18-4)13-11-7-6-10(14-15-11)12(17)16(2)3/h6-7,9H,5,8H2,1-4H3,(H,13,15). The first-order valence-corrected chi connectivity index (χ1v) is 5.89. The summed E-state index contributed by atoms with van der Waals surface area (Å²) in [6.07, 6.45) is 0.925. The first-order chi connectivity index (χ1) is 8.58. The van der Waals surface area contributed by atoms with Crippen molar-refractivity contribution in [1.82, 2.24) is 15.1 Å². The molecule has 1 aromatic rings. The van der Waals surface area contributed by atoms with E-state index in [1.807, 2.05) is 0 Å². The number of carbonyl (C=O) groups is 1. The van der Waals surface area contributed by atoms with Gasteiger partial charge in [-0.3, -0.25) is 4.79 Å². The van der Waals surface area contributed by atoms with Gasteiger partial charge in [-0.1, -0.05) is 6.92 Å². The fraction of sp³-hybridized carbons (Fsp3) is 0.583. The van der Waals surface area contributed by atoms with E-state index in [-0.39, 0.29) is 11.9 Å². The Labute approximate surface area is 107 Å². The van der Waals surface area contributed by atoms with E-state index in [0.717, 1.165) is 6.42 Å². The third kappa shape index (κ3) is 3.96. The van der Waals surface area contributed by atoms with E-state index in [1.165, 1.54) is 4.90 Å². The van der Waals surface area contributed by atoms with Gasteiger partial charge in [0.15, 0.2) is 5.69 Å². The van der Waals surface area contributed by atoms with Crippen molar-refractivity contribution in [2.45, 2.75) is 19.4 Å². The lowest BCUT2D eigenvalue weighted by Gasteiger charge is -2.16. The molecule has 18 heavy (non-hydrogen) atoms. The van der Waals surface area contributed by atoms with Crippen LogP contribution in [0.15, 0.2) is 12.1 Å². The SMILES string of the molecule is CCC(COC)Nc1ccc(C(=O)N(C)C)nn1. The maximum atomic E-state index is 11.6. The molecule has 0 radical (unpaired) electrons. The minimum absolute atomic E-state index is 0.155. The average Bonchev–Trinajstić information content (AvgIpc) is 2.38. The van der Waals surface area contributed by atoms with E-state index in [0.29, 0.717) is 18.1 Å². The van der Waals surface area contributed by atoms with Crippen molar-refractivity contribution in [2.24, 2.45) is 0 Å². The fourth-order valence-electron chi connectivity index (χ4n) is 1.42. The minimum Gasteiger partial charge on any atom is -0.383 e. The number of anilines is 1. The van der Waals surface area contributed by atoms with Crippen LogP contribution in [0.3, 0.4) is 0 Å². The monoisotopic (exact) mass is 252 g/mol. The van der Waals surface area contributed by atoms with Gasteiger partial charge < -0.3 is 15.0 Å². The largest absolute Gasteiger partial charge is 0.383 e. The quantitative estimate of drug-likeness (QED) is 0.818. The van der Waals surface area contributed by atoms with E-state index in [4.69, 9.17) is 4.74 Å². The third-order valence-corrected chi connectivity index (χ3v) is 2.50. The lowest BCUT2D eigenvalue weighted by Crippen LogP contribution is -2.26. The Morgan fingerprint density at radius 1 is 1.44 bits per heavy atom. The second kappa shape index (κ2) is 6.90. The molecular weight excluding hydrogens is 232 g/mol. The van der Waals surface area contributed by atoms with Crippen molar-refractivity contribution in [1.29, 1.82) is 0 Å². The number of carbonyl (C=O) groups excluding carboxylic acids is 1. The molecule has 0 aliphatic carbocycles. The summed E-state index contributed by atoms with van der Waals surface area (Å²) in [6, 6.07) is 3.61. The molecule has 1 unspecified atom stereocenters. The van der Waals surface area contributed by atoms with Crippen molar-refractivity contribution in [3.8, 4) is 0 Å². The van der Waals surface area contributed by atoms with Gasteiger partial charge in [0.2, 0.25) is 0 Å². The van der Waals surface area contributed by atoms with Crippen molar-refractivity contribution >= 4 is 11.7 Å². The molecule has 0 aromatic carbocycles. The summed E-state index contributed by atoms with van der Waals surface area (Å²) in [7, 11) is 5.03. The molecule has 1 rings (SSSR count). The average molecular weight is 252 g/mol. The van der Waals surface area contributed by atoms with Gasteiger partial charge in [0.25, 0.3) is 5.91 Å². The molecule has 1 N–H and O–H groups in total. The second-order valence-corrected chi connectivity index (χ2v) is 4.21. The number of nitrogens with zero attached hydrogens (tertiary/aromatic N) is 3. The summed E-state index contributed by atoms with van der Waals surface area (Å²) in [6.45, 7) is 2.67. The van der Waals surface area contributed by atoms with Crippen LogP contribution < -0.4 is 5.32 Å². The van der Waals surface area contributed by atoms with Crippen LogP contribution in [0.25, 0.3) is 0 Å². The summed E-state index contributed by atoms with van der Waals surface area (Å²) in [5.74, 6) is 0.493. The first kappa shape index (κ1) is 14.4. The van der Waals surface area contributed by atoms with Crippen LogP contribution in [0.5, 0.6) is 0 Å². The summed E-state index contributed by atoms with van der Waals surface area (Å²) in [4.78, 5) is 13.1. The van der Waals surface area contributed by atoms with Crippen LogP contribution in [-0.4, -0.2) is 54.9 Å². The lowest BCUT2D eigenvalue weighted by atomic mass is 10.2. The van der Waals surface area contributed by atoms with Gasteiger partial charge in [0.05, 0.1) is 12.6 Å². The first-order valence-electron chi connectivity index (χ1n) is 5.89. The number of hydrogen-bond acceptors (Lipinski definition) is 5. The van der Waals surface area contributed by atoms with Gasteiger partial charge in [-0.2, -0.15) is 0 Å². The Morgan fingerprint density at radius 2 is 2.17 bits per heavy atom. The molecule has 1 aromatic heterocycles. The highest BCUT2D eigenvalue weighted by Crippen LogP contribution is 2.07. The summed E-state index contributed by atoms with van der Waals surface area (Å²) in [5, 5.41) is 11.1. The van der Waals surface area contributed by atoms with Crippen LogP contribution in [-0.2, 0) is 4.74 Å². The maximum absolute atomic E-state index is 11.6. The Kier molecular flexibility index (Phi) is 5.51. The lowest BCUT2D eigenvalue weighted by molar-refractivity contribution is 0.0821. The molecule has 1 amide bonds.